The first-order valence-corrected chi connectivity index (χ1v) is 19.6. The summed E-state index contributed by atoms with van der Waals surface area (Å²) in [6.45, 7) is 3.28. The summed E-state index contributed by atoms with van der Waals surface area (Å²) >= 11 is 0. The van der Waals surface area contributed by atoms with Crippen molar-refractivity contribution in [1.82, 2.24) is 10.6 Å². The van der Waals surface area contributed by atoms with Gasteiger partial charge < -0.3 is 25.6 Å². The number of carboxylic acid groups (broad SMARTS) is 1. The fraction of sp³-hybridized carbons (Fsp3) is 0.707. The number of carbonyl (C=O) groups is 4. The van der Waals surface area contributed by atoms with Crippen molar-refractivity contribution in [3.05, 3.63) is 48.6 Å². The van der Waals surface area contributed by atoms with Gasteiger partial charge >= 0.3 is 11.9 Å². The largest absolute Gasteiger partial charge is 0.480 e. The zero-order valence-corrected chi connectivity index (χ0v) is 31.4. The van der Waals surface area contributed by atoms with E-state index in [9.17, 15) is 19.2 Å². The minimum atomic E-state index is -1.39. The zero-order chi connectivity index (χ0) is 36.9. The van der Waals surface area contributed by atoms with Crippen molar-refractivity contribution in [3.63, 3.8) is 0 Å². The van der Waals surface area contributed by atoms with Crippen LogP contribution >= 0.6 is 0 Å². The zero-order valence-electron chi connectivity index (χ0n) is 31.4. The van der Waals surface area contributed by atoms with Gasteiger partial charge in [-0.3, -0.25) is 14.4 Å². The summed E-state index contributed by atoms with van der Waals surface area (Å²) in [6.07, 6.45) is 40.6. The summed E-state index contributed by atoms with van der Waals surface area (Å²) < 4.78 is 5.76. The Balaban J connectivity index is 4.17. The lowest BCUT2D eigenvalue weighted by Gasteiger charge is -2.12. The van der Waals surface area contributed by atoms with E-state index in [0.29, 0.717) is 12.8 Å². The average Bonchev–Trinajstić information content (AvgIpc) is 3.10. The van der Waals surface area contributed by atoms with E-state index in [2.05, 4.69) is 48.8 Å². The number of allylic oxidation sites excluding steroid dienone is 6. The molecule has 0 aliphatic heterocycles. The summed E-state index contributed by atoms with van der Waals surface area (Å²) in [7, 11) is 0. The van der Waals surface area contributed by atoms with Crippen molar-refractivity contribution in [2.75, 3.05) is 13.2 Å². The molecular formula is C41H70N2O7. The van der Waals surface area contributed by atoms with E-state index >= 15 is 0 Å². The van der Waals surface area contributed by atoms with Gasteiger partial charge in [0.2, 0.25) is 11.8 Å². The SMILES string of the molecule is CC/C=C\C/C=C\C(/C=C\CCCCCC(=O)NCC(=O)NC(CO)C(=O)O)OC(=O)CCCCCCCCC/C=C\CCCCCCCC. The number of ether oxygens (including phenoxy) is 1. The fourth-order valence-electron chi connectivity index (χ4n) is 5.25. The summed E-state index contributed by atoms with van der Waals surface area (Å²) in [6, 6.07) is -1.39. The average molecular weight is 703 g/mol. The molecular weight excluding hydrogens is 632 g/mol. The maximum Gasteiger partial charge on any atom is 0.328 e. The molecule has 286 valence electrons. The molecule has 9 heteroatoms. The van der Waals surface area contributed by atoms with Gasteiger partial charge in [-0.1, -0.05) is 121 Å². The van der Waals surface area contributed by atoms with Crippen molar-refractivity contribution in [2.45, 2.75) is 174 Å². The first kappa shape index (κ1) is 46.8. The highest BCUT2D eigenvalue weighted by molar-refractivity contribution is 5.87. The van der Waals surface area contributed by atoms with Gasteiger partial charge in [-0.2, -0.15) is 0 Å². The second-order valence-corrected chi connectivity index (χ2v) is 13.0. The van der Waals surface area contributed by atoms with Gasteiger partial charge in [0.15, 0.2) is 0 Å². The Labute approximate surface area is 303 Å². The van der Waals surface area contributed by atoms with Gasteiger partial charge in [0.1, 0.15) is 12.1 Å². The van der Waals surface area contributed by atoms with Gasteiger partial charge in [-0.05, 0) is 76.4 Å². The van der Waals surface area contributed by atoms with Crippen LogP contribution in [0.1, 0.15) is 162 Å². The molecule has 0 aromatic rings. The third kappa shape index (κ3) is 32.0. The monoisotopic (exact) mass is 703 g/mol. The van der Waals surface area contributed by atoms with E-state index in [-0.39, 0.29) is 24.8 Å². The van der Waals surface area contributed by atoms with E-state index in [1.54, 1.807) is 0 Å². The summed E-state index contributed by atoms with van der Waals surface area (Å²) in [5.74, 6) is -2.48. The number of rotatable bonds is 34. The van der Waals surface area contributed by atoms with Crippen LogP contribution in [0.15, 0.2) is 48.6 Å². The number of hydrogen-bond donors (Lipinski definition) is 4. The van der Waals surface area contributed by atoms with Crippen LogP contribution in [-0.4, -0.2) is 59.3 Å². The number of amides is 2. The molecule has 0 heterocycles. The van der Waals surface area contributed by atoms with Crippen LogP contribution in [0.25, 0.3) is 0 Å². The van der Waals surface area contributed by atoms with E-state index in [4.69, 9.17) is 14.9 Å². The van der Waals surface area contributed by atoms with Gasteiger partial charge in [-0.15, -0.1) is 0 Å². The highest BCUT2D eigenvalue weighted by Crippen LogP contribution is 2.13. The van der Waals surface area contributed by atoms with Crippen LogP contribution in [0.5, 0.6) is 0 Å². The molecule has 0 aliphatic carbocycles. The second-order valence-electron chi connectivity index (χ2n) is 13.0. The number of aliphatic hydroxyl groups is 1. The minimum Gasteiger partial charge on any atom is -0.480 e. The van der Waals surface area contributed by atoms with Crippen molar-refractivity contribution in [1.29, 1.82) is 0 Å². The molecule has 0 saturated heterocycles. The van der Waals surface area contributed by atoms with Crippen molar-refractivity contribution < 1.29 is 34.1 Å². The summed E-state index contributed by atoms with van der Waals surface area (Å²) in [4.78, 5) is 47.1. The van der Waals surface area contributed by atoms with Crippen molar-refractivity contribution >= 4 is 23.8 Å². The highest BCUT2D eigenvalue weighted by Gasteiger charge is 2.18. The van der Waals surface area contributed by atoms with E-state index < -0.39 is 30.6 Å². The number of nitrogens with one attached hydrogen (secondary N) is 2. The van der Waals surface area contributed by atoms with Crippen LogP contribution < -0.4 is 10.6 Å². The smallest absolute Gasteiger partial charge is 0.328 e. The molecule has 0 fully saturated rings. The van der Waals surface area contributed by atoms with Crippen molar-refractivity contribution in [3.8, 4) is 0 Å². The van der Waals surface area contributed by atoms with E-state index in [1.165, 1.54) is 77.0 Å². The third-order valence-electron chi connectivity index (χ3n) is 8.27. The number of carboxylic acids is 1. The predicted molar refractivity (Wildman–Crippen MR) is 204 cm³/mol. The predicted octanol–water partition coefficient (Wildman–Crippen LogP) is 8.81. The Hall–Kier alpha value is -3.20. The quantitative estimate of drug-likeness (QED) is 0.0298. The standard InChI is InChI=1S/C41H70N2O7/c1-3-5-7-9-10-11-12-13-14-15-16-17-18-19-20-25-29-33-40(47)50-36(30-26-22-8-6-4-2)31-27-23-21-24-28-32-38(45)42-34-39(46)43-37(35-44)41(48)49/h6,8,13-14,26-27,30-31,36-37,44H,3-5,7,9-12,15-25,28-29,32-35H2,1-2H3,(H,42,45)(H,43,46)(H,48,49)/b8-6-,14-13-,30-26-,31-27-. The minimum absolute atomic E-state index is 0.171. The molecule has 0 rings (SSSR count). The number of carbonyl (C=O) groups excluding carboxylic acids is 3. The molecule has 0 aliphatic rings. The molecule has 0 saturated carbocycles. The van der Waals surface area contributed by atoms with Crippen LogP contribution in [0.3, 0.4) is 0 Å². The van der Waals surface area contributed by atoms with Gasteiger partial charge in [0.25, 0.3) is 0 Å². The fourth-order valence-corrected chi connectivity index (χ4v) is 5.25. The van der Waals surface area contributed by atoms with Gasteiger partial charge in [0.05, 0.1) is 13.2 Å². The number of aliphatic hydroxyl groups excluding tert-OH is 1. The Kier molecular flexibility index (Phi) is 33.3. The molecule has 0 spiro atoms. The first-order valence-electron chi connectivity index (χ1n) is 19.6. The molecule has 9 nitrogen and oxygen atoms in total. The molecule has 0 aromatic heterocycles. The van der Waals surface area contributed by atoms with Crippen LogP contribution in [-0.2, 0) is 23.9 Å². The Morgan fingerprint density at radius 1 is 0.620 bits per heavy atom. The lowest BCUT2D eigenvalue weighted by molar-refractivity contribution is -0.145. The molecule has 2 atom stereocenters. The number of unbranched alkanes of at least 4 members (excludes halogenated alkanes) is 16. The summed E-state index contributed by atoms with van der Waals surface area (Å²) in [5.41, 5.74) is 0. The first-order chi connectivity index (χ1) is 24.3. The third-order valence-corrected chi connectivity index (χ3v) is 8.27. The lowest BCUT2D eigenvalue weighted by atomic mass is 10.1. The molecule has 2 amide bonds. The molecule has 0 aromatic carbocycles. The lowest BCUT2D eigenvalue weighted by Crippen LogP contribution is -2.47. The van der Waals surface area contributed by atoms with Gasteiger partial charge in [-0.25, -0.2) is 4.79 Å². The number of aliphatic carboxylic acids is 1. The Morgan fingerprint density at radius 3 is 1.76 bits per heavy atom. The molecule has 0 radical (unpaired) electrons. The molecule has 50 heavy (non-hydrogen) atoms. The Bertz CT molecular complexity index is 989. The Morgan fingerprint density at radius 2 is 1.16 bits per heavy atom. The highest BCUT2D eigenvalue weighted by atomic mass is 16.5. The maximum atomic E-state index is 12.6. The molecule has 0 bridgehead atoms. The molecule has 2 unspecified atom stereocenters. The van der Waals surface area contributed by atoms with E-state index in [1.807, 2.05) is 24.3 Å². The number of esters is 1. The van der Waals surface area contributed by atoms with Crippen LogP contribution in [0.2, 0.25) is 0 Å². The number of hydrogen-bond acceptors (Lipinski definition) is 6. The maximum absolute atomic E-state index is 12.6. The van der Waals surface area contributed by atoms with Crippen LogP contribution in [0, 0.1) is 0 Å². The van der Waals surface area contributed by atoms with Crippen LogP contribution in [0.4, 0.5) is 0 Å². The topological polar surface area (TPSA) is 142 Å². The summed E-state index contributed by atoms with van der Waals surface area (Å²) in [5, 5.41) is 22.4. The van der Waals surface area contributed by atoms with Gasteiger partial charge in [0, 0.05) is 12.8 Å². The second kappa shape index (κ2) is 35.6. The molecule has 4 N–H and O–H groups in total. The van der Waals surface area contributed by atoms with Crippen molar-refractivity contribution in [2.24, 2.45) is 0 Å². The van der Waals surface area contributed by atoms with E-state index in [0.717, 1.165) is 51.4 Å². The normalized spacial score (nSPS) is 13.0.